The molecule has 5 aliphatic heterocycles. The summed E-state index contributed by atoms with van der Waals surface area (Å²) in [5, 5.41) is 14.3. The molecule has 21 heteroatoms. The molecule has 1 aliphatic carbocycles. The third-order valence-corrected chi connectivity index (χ3v) is 8.93. The molecule has 7 nitrogen and oxygen atoms in total. The van der Waals surface area contributed by atoms with Crippen molar-refractivity contribution in [2.45, 2.75) is 101 Å². The van der Waals surface area contributed by atoms with Gasteiger partial charge in [0.25, 0.3) is 5.92 Å². The molecular formula is C29H47F14N5O2. The highest BCUT2D eigenvalue weighted by Gasteiger charge is 2.62. The first kappa shape index (κ1) is 44.9. The molecule has 0 bridgehead atoms. The number of rotatable bonds is 4. The lowest BCUT2D eigenvalue weighted by Crippen LogP contribution is -2.52. The maximum absolute atomic E-state index is 12.9. The molecule has 6 fully saturated rings. The van der Waals surface area contributed by atoms with E-state index < -0.39 is 61.5 Å². The van der Waals surface area contributed by atoms with Crippen molar-refractivity contribution in [3.05, 3.63) is 0 Å². The zero-order chi connectivity index (χ0) is 37.7. The first-order chi connectivity index (χ1) is 23.0. The maximum atomic E-state index is 12.9. The molecule has 0 aromatic carbocycles. The van der Waals surface area contributed by atoms with Crippen LogP contribution in [0.4, 0.5) is 61.5 Å². The van der Waals surface area contributed by atoms with E-state index in [-0.39, 0.29) is 18.3 Å². The third kappa shape index (κ3) is 19.0. The summed E-state index contributed by atoms with van der Waals surface area (Å²) in [7, 11) is 0. The van der Waals surface area contributed by atoms with Crippen LogP contribution in [0.5, 0.6) is 0 Å². The Kier molecular flexibility index (Phi) is 17.7. The summed E-state index contributed by atoms with van der Waals surface area (Å²) in [5.74, 6) is -2.73. The Labute approximate surface area is 281 Å². The normalized spacial score (nSPS) is 30.6. The van der Waals surface area contributed by atoms with Gasteiger partial charge in [-0.05, 0) is 96.2 Å². The Morgan fingerprint density at radius 3 is 1.08 bits per heavy atom. The van der Waals surface area contributed by atoms with Gasteiger partial charge in [0.15, 0.2) is 0 Å². The largest absolute Gasteiger partial charge is 0.522 e. The highest BCUT2D eigenvalue weighted by Crippen LogP contribution is 2.57. The summed E-state index contributed by atoms with van der Waals surface area (Å²) in [5.41, 5.74) is -0.632. The molecule has 5 N–H and O–H groups in total. The standard InChI is InChI=1S/C7H11F2N.2C6H10F3N.2C5H8F3NO/c8-7(9)2-1-6(7)3-4-10-5-6;2*7-6(8,9)3-5-1-2-10-4-5;2*6-5(7,8)10-4-1-2-9-3-4/h10H,1-5H2;2*5,10H,1-4H2;2*4,9H,1-3H2/t;2*5-;2*4-/m.1010/s1. The van der Waals surface area contributed by atoms with Gasteiger partial charge in [-0.1, -0.05) is 0 Å². The van der Waals surface area contributed by atoms with E-state index in [0.29, 0.717) is 84.3 Å². The summed E-state index contributed by atoms with van der Waals surface area (Å²) in [6.07, 6.45) is -15.8. The van der Waals surface area contributed by atoms with Gasteiger partial charge in [-0.2, -0.15) is 26.3 Å². The fourth-order valence-corrected chi connectivity index (χ4v) is 6.20. The van der Waals surface area contributed by atoms with Gasteiger partial charge in [0.2, 0.25) is 0 Å². The van der Waals surface area contributed by atoms with E-state index in [1.54, 1.807) is 0 Å². The average molecular weight is 764 g/mol. The lowest BCUT2D eigenvalue weighted by molar-refractivity contribution is -0.340. The van der Waals surface area contributed by atoms with Crippen LogP contribution >= 0.6 is 0 Å². The smallest absolute Gasteiger partial charge is 0.316 e. The fourth-order valence-electron chi connectivity index (χ4n) is 6.20. The van der Waals surface area contributed by atoms with E-state index in [1.165, 1.54) is 0 Å². The van der Waals surface area contributed by atoms with Gasteiger partial charge < -0.3 is 26.6 Å². The third-order valence-electron chi connectivity index (χ3n) is 8.93. The average Bonchev–Trinajstić information content (AvgIpc) is 3.79. The van der Waals surface area contributed by atoms with Crippen molar-refractivity contribution in [2.75, 3.05) is 65.4 Å². The van der Waals surface area contributed by atoms with Crippen LogP contribution in [0.2, 0.25) is 0 Å². The molecule has 6 aliphatic rings. The summed E-state index contributed by atoms with van der Waals surface area (Å²) < 4.78 is 172. The van der Waals surface area contributed by atoms with Crippen LogP contribution in [-0.4, -0.2) is 109 Å². The molecule has 0 aromatic rings. The summed E-state index contributed by atoms with van der Waals surface area (Å²) in [6, 6.07) is 0. The van der Waals surface area contributed by atoms with Crippen molar-refractivity contribution in [1.82, 2.24) is 26.6 Å². The van der Waals surface area contributed by atoms with Gasteiger partial charge in [-0.25, -0.2) is 8.78 Å². The zero-order valence-corrected chi connectivity index (χ0v) is 27.4. The van der Waals surface area contributed by atoms with Crippen LogP contribution in [0, 0.1) is 17.3 Å². The summed E-state index contributed by atoms with van der Waals surface area (Å²) >= 11 is 0. The van der Waals surface area contributed by atoms with Crippen molar-refractivity contribution < 1.29 is 70.9 Å². The monoisotopic (exact) mass is 763 g/mol. The Morgan fingerprint density at radius 2 is 0.880 bits per heavy atom. The lowest BCUT2D eigenvalue weighted by atomic mass is 9.65. The number of hydrogen-bond donors (Lipinski definition) is 5. The Hall–Kier alpha value is -1.26. The van der Waals surface area contributed by atoms with Crippen molar-refractivity contribution in [1.29, 1.82) is 0 Å². The van der Waals surface area contributed by atoms with Crippen LogP contribution in [-0.2, 0) is 9.47 Å². The number of nitrogens with one attached hydrogen (secondary N) is 5. The van der Waals surface area contributed by atoms with Gasteiger partial charge >= 0.3 is 25.1 Å². The van der Waals surface area contributed by atoms with Gasteiger partial charge in [0, 0.05) is 44.3 Å². The number of halogens is 14. The van der Waals surface area contributed by atoms with Crippen LogP contribution in [0.1, 0.15) is 57.8 Å². The molecule has 5 atom stereocenters. The minimum Gasteiger partial charge on any atom is -0.316 e. The summed E-state index contributed by atoms with van der Waals surface area (Å²) in [4.78, 5) is 0. The van der Waals surface area contributed by atoms with Crippen LogP contribution < -0.4 is 26.6 Å². The van der Waals surface area contributed by atoms with Crippen molar-refractivity contribution in [3.8, 4) is 0 Å². The van der Waals surface area contributed by atoms with E-state index in [2.05, 4.69) is 36.1 Å². The van der Waals surface area contributed by atoms with Gasteiger partial charge in [0.05, 0.1) is 12.2 Å². The topological polar surface area (TPSA) is 78.6 Å². The van der Waals surface area contributed by atoms with Crippen molar-refractivity contribution in [2.24, 2.45) is 17.3 Å². The highest BCUT2D eigenvalue weighted by atomic mass is 19.4. The van der Waals surface area contributed by atoms with E-state index >= 15 is 0 Å². The molecule has 298 valence electrons. The van der Waals surface area contributed by atoms with Crippen molar-refractivity contribution >= 4 is 0 Å². The minimum atomic E-state index is -4.48. The number of ether oxygens (including phenoxy) is 2. The molecule has 0 amide bonds. The molecule has 0 aromatic heterocycles. The quantitative estimate of drug-likeness (QED) is 0.217. The molecule has 1 spiro atoms. The van der Waals surface area contributed by atoms with E-state index in [1.807, 2.05) is 0 Å². The first-order valence-electron chi connectivity index (χ1n) is 16.5. The predicted octanol–water partition coefficient (Wildman–Crippen LogP) is 6.26. The number of hydrogen-bond acceptors (Lipinski definition) is 7. The zero-order valence-electron chi connectivity index (χ0n) is 27.4. The number of alkyl halides is 14. The minimum absolute atomic E-state index is 0.106. The first-order valence-corrected chi connectivity index (χ1v) is 16.5. The van der Waals surface area contributed by atoms with Crippen LogP contribution in [0.15, 0.2) is 0 Å². The lowest BCUT2D eigenvalue weighted by Gasteiger charge is -2.46. The second-order valence-electron chi connectivity index (χ2n) is 13.1. The van der Waals surface area contributed by atoms with E-state index in [4.69, 9.17) is 0 Å². The van der Waals surface area contributed by atoms with E-state index in [9.17, 15) is 61.5 Å². The van der Waals surface area contributed by atoms with Gasteiger partial charge in [0.1, 0.15) is 0 Å². The van der Waals surface area contributed by atoms with Crippen molar-refractivity contribution in [3.63, 3.8) is 0 Å². The molecule has 1 saturated carbocycles. The summed E-state index contributed by atoms with van der Waals surface area (Å²) in [6.45, 7) is 5.66. The SMILES string of the molecule is FC(F)(F)C[C@@H]1CCNC1.FC(F)(F)C[C@H]1CCNC1.FC(F)(F)O[C@@H]1CCNC1.FC(F)(F)O[C@H]1CCNC1.FC1(F)CCC12CCNC2. The van der Waals surface area contributed by atoms with Crippen LogP contribution in [0.25, 0.3) is 0 Å². The molecule has 5 heterocycles. The maximum Gasteiger partial charge on any atom is 0.522 e. The molecule has 50 heavy (non-hydrogen) atoms. The second kappa shape index (κ2) is 19.7. The highest BCUT2D eigenvalue weighted by molar-refractivity contribution is 5.06. The molecule has 0 radical (unpaired) electrons. The second-order valence-corrected chi connectivity index (χ2v) is 13.1. The Balaban J connectivity index is 0.000000217. The van der Waals surface area contributed by atoms with E-state index in [0.717, 1.165) is 19.6 Å². The molecule has 1 unspecified atom stereocenters. The molecule has 5 saturated heterocycles. The molecular weight excluding hydrogens is 716 g/mol. The predicted molar refractivity (Wildman–Crippen MR) is 154 cm³/mol. The molecule has 6 rings (SSSR count). The van der Waals surface area contributed by atoms with Gasteiger partial charge in [-0.3, -0.25) is 9.47 Å². The van der Waals surface area contributed by atoms with Crippen LogP contribution in [0.3, 0.4) is 0 Å². The Morgan fingerprint density at radius 1 is 0.480 bits per heavy atom. The fraction of sp³-hybridized carbons (Fsp3) is 1.00. The Bertz CT molecular complexity index is 807. The van der Waals surface area contributed by atoms with Gasteiger partial charge in [-0.15, -0.1) is 26.3 Å².